The van der Waals surface area contributed by atoms with E-state index in [1.54, 1.807) is 6.20 Å². The van der Waals surface area contributed by atoms with Gasteiger partial charge in [-0.2, -0.15) is 0 Å². The molecule has 2 heterocycles. The Balaban J connectivity index is 2.35. The van der Waals surface area contributed by atoms with Gasteiger partial charge in [0.1, 0.15) is 0 Å². The lowest BCUT2D eigenvalue weighted by atomic mass is 10.0. The van der Waals surface area contributed by atoms with Crippen molar-refractivity contribution in [1.82, 2.24) is 4.98 Å². The molecule has 64 valence electrons. The lowest BCUT2D eigenvalue weighted by molar-refractivity contribution is 0.588. The Bertz CT molecular complexity index is 294. The highest BCUT2D eigenvalue weighted by molar-refractivity contribution is 5.70. The highest BCUT2D eigenvalue weighted by Crippen LogP contribution is 2.27. The average molecular weight is 163 g/mol. The minimum absolute atomic E-state index is 0.121. The number of hydrogen-bond acceptors (Lipinski definition) is 3. The lowest BCUT2D eigenvalue weighted by Gasteiger charge is -2.34. The molecule has 0 radical (unpaired) electrons. The quantitative estimate of drug-likeness (QED) is 0.611. The molecule has 2 N–H and O–H groups in total. The van der Waals surface area contributed by atoms with Crippen LogP contribution in [-0.2, 0) is 0 Å². The molecule has 0 bridgehead atoms. The first kappa shape index (κ1) is 7.40. The van der Waals surface area contributed by atoms with Gasteiger partial charge < -0.3 is 10.6 Å². The van der Waals surface area contributed by atoms with E-state index < -0.39 is 0 Å². The summed E-state index contributed by atoms with van der Waals surface area (Å²) in [7, 11) is 0. The second kappa shape index (κ2) is 2.37. The smallest absolute Gasteiger partial charge is 0.0767 e. The van der Waals surface area contributed by atoms with Gasteiger partial charge in [0.2, 0.25) is 0 Å². The summed E-state index contributed by atoms with van der Waals surface area (Å²) in [5.74, 6) is 0. The largest absolute Gasteiger partial charge is 0.381 e. The maximum absolute atomic E-state index is 4.06. The molecule has 0 saturated carbocycles. The van der Waals surface area contributed by atoms with Crippen LogP contribution in [0, 0.1) is 0 Å². The Morgan fingerprint density at radius 3 is 3.08 bits per heavy atom. The summed E-state index contributed by atoms with van der Waals surface area (Å²) >= 11 is 0. The van der Waals surface area contributed by atoms with Gasteiger partial charge in [0.05, 0.1) is 17.6 Å². The molecule has 1 aliphatic heterocycles. The van der Waals surface area contributed by atoms with Gasteiger partial charge >= 0.3 is 0 Å². The van der Waals surface area contributed by atoms with Gasteiger partial charge in [0.25, 0.3) is 0 Å². The highest BCUT2D eigenvalue weighted by atomic mass is 15.1. The normalized spacial score (nSPS) is 18.8. The monoisotopic (exact) mass is 163 g/mol. The first-order valence-corrected chi connectivity index (χ1v) is 4.13. The van der Waals surface area contributed by atoms with Gasteiger partial charge in [-0.3, -0.25) is 4.98 Å². The van der Waals surface area contributed by atoms with E-state index in [4.69, 9.17) is 0 Å². The zero-order chi connectivity index (χ0) is 8.60. The topological polar surface area (TPSA) is 37.0 Å². The van der Waals surface area contributed by atoms with Crippen LogP contribution in [0.4, 0.5) is 11.4 Å². The van der Waals surface area contributed by atoms with Crippen molar-refractivity contribution in [2.24, 2.45) is 0 Å². The van der Waals surface area contributed by atoms with Crippen LogP contribution < -0.4 is 10.6 Å². The minimum Gasteiger partial charge on any atom is -0.381 e. The summed E-state index contributed by atoms with van der Waals surface area (Å²) in [6.45, 7) is 5.27. The lowest BCUT2D eigenvalue weighted by Crippen LogP contribution is -2.42. The minimum atomic E-state index is 0.121. The van der Waals surface area contributed by atoms with Gasteiger partial charge in [0, 0.05) is 18.3 Å². The second-order valence-electron chi connectivity index (χ2n) is 3.78. The molecule has 0 amide bonds. The number of hydrogen-bond donors (Lipinski definition) is 2. The van der Waals surface area contributed by atoms with E-state index in [1.165, 1.54) is 0 Å². The van der Waals surface area contributed by atoms with Gasteiger partial charge in [-0.25, -0.2) is 0 Å². The van der Waals surface area contributed by atoms with Crippen molar-refractivity contribution in [3.05, 3.63) is 18.5 Å². The molecule has 1 aliphatic rings. The maximum atomic E-state index is 4.06. The zero-order valence-corrected chi connectivity index (χ0v) is 7.39. The SMILES string of the molecule is CC1(C)CNc2ccncc2N1. The number of anilines is 2. The molecule has 0 unspecified atom stereocenters. The Labute approximate surface area is 72.2 Å². The van der Waals surface area contributed by atoms with E-state index in [9.17, 15) is 0 Å². The Hall–Kier alpha value is -1.25. The van der Waals surface area contributed by atoms with E-state index in [0.29, 0.717) is 0 Å². The van der Waals surface area contributed by atoms with E-state index in [0.717, 1.165) is 17.9 Å². The van der Waals surface area contributed by atoms with Crippen molar-refractivity contribution in [2.45, 2.75) is 19.4 Å². The molecular formula is C9H13N3. The molecule has 1 aromatic heterocycles. The predicted octanol–water partition coefficient (Wildman–Crippen LogP) is 1.70. The molecule has 2 rings (SSSR count). The van der Waals surface area contributed by atoms with Crippen LogP contribution in [0.15, 0.2) is 18.5 Å². The highest BCUT2D eigenvalue weighted by Gasteiger charge is 2.23. The Kier molecular flexibility index (Phi) is 1.46. The van der Waals surface area contributed by atoms with Crippen molar-refractivity contribution in [1.29, 1.82) is 0 Å². The maximum Gasteiger partial charge on any atom is 0.0767 e. The summed E-state index contributed by atoms with van der Waals surface area (Å²) in [6, 6.07) is 1.98. The van der Waals surface area contributed by atoms with Crippen LogP contribution in [0.25, 0.3) is 0 Å². The summed E-state index contributed by atoms with van der Waals surface area (Å²) in [5.41, 5.74) is 2.36. The third-order valence-corrected chi connectivity index (χ3v) is 2.01. The predicted molar refractivity (Wildman–Crippen MR) is 50.4 cm³/mol. The third-order valence-electron chi connectivity index (χ3n) is 2.01. The van der Waals surface area contributed by atoms with E-state index in [-0.39, 0.29) is 5.54 Å². The number of rotatable bonds is 0. The molecule has 0 fully saturated rings. The summed E-state index contributed by atoms with van der Waals surface area (Å²) in [5, 5.41) is 6.76. The van der Waals surface area contributed by atoms with Gasteiger partial charge in [0.15, 0.2) is 0 Å². The number of pyridine rings is 1. The molecule has 0 saturated heterocycles. The van der Waals surface area contributed by atoms with Crippen LogP contribution >= 0.6 is 0 Å². The fourth-order valence-corrected chi connectivity index (χ4v) is 1.37. The molecule has 3 nitrogen and oxygen atoms in total. The van der Waals surface area contributed by atoms with E-state index in [2.05, 4.69) is 29.5 Å². The second-order valence-corrected chi connectivity index (χ2v) is 3.78. The van der Waals surface area contributed by atoms with Crippen LogP contribution in [0.1, 0.15) is 13.8 Å². The van der Waals surface area contributed by atoms with Crippen molar-refractivity contribution >= 4 is 11.4 Å². The number of fused-ring (bicyclic) bond motifs is 1. The van der Waals surface area contributed by atoms with Gasteiger partial charge in [-0.1, -0.05) is 0 Å². The van der Waals surface area contributed by atoms with Crippen LogP contribution in [0.3, 0.4) is 0 Å². The summed E-state index contributed by atoms with van der Waals surface area (Å²) < 4.78 is 0. The molecule has 12 heavy (non-hydrogen) atoms. The number of aromatic nitrogens is 1. The van der Waals surface area contributed by atoms with Crippen LogP contribution in [-0.4, -0.2) is 17.1 Å². The first-order valence-electron chi connectivity index (χ1n) is 4.13. The van der Waals surface area contributed by atoms with Crippen molar-refractivity contribution in [3.8, 4) is 0 Å². The van der Waals surface area contributed by atoms with E-state index in [1.807, 2.05) is 12.3 Å². The molecule has 3 heteroatoms. The summed E-state index contributed by atoms with van der Waals surface area (Å²) in [4.78, 5) is 4.06. The first-order chi connectivity index (χ1) is 5.67. The van der Waals surface area contributed by atoms with E-state index >= 15 is 0 Å². The Morgan fingerprint density at radius 1 is 1.42 bits per heavy atom. The molecule has 1 aromatic rings. The fraction of sp³-hybridized carbons (Fsp3) is 0.444. The average Bonchev–Trinajstić information content (AvgIpc) is 2.02. The number of nitrogens with one attached hydrogen (secondary N) is 2. The van der Waals surface area contributed by atoms with Crippen molar-refractivity contribution in [2.75, 3.05) is 17.2 Å². The third kappa shape index (κ3) is 1.22. The standard InChI is InChI=1S/C9H13N3/c1-9(2)6-11-7-3-4-10-5-8(7)12-9/h3-5,11-12H,6H2,1-2H3. The Morgan fingerprint density at radius 2 is 2.25 bits per heavy atom. The van der Waals surface area contributed by atoms with Gasteiger partial charge in [-0.15, -0.1) is 0 Å². The molecule has 0 aromatic carbocycles. The molecule has 0 atom stereocenters. The summed E-state index contributed by atoms with van der Waals surface area (Å²) in [6.07, 6.45) is 3.65. The van der Waals surface area contributed by atoms with Gasteiger partial charge in [-0.05, 0) is 19.9 Å². The molecular weight excluding hydrogens is 150 g/mol. The van der Waals surface area contributed by atoms with Crippen LogP contribution in [0.2, 0.25) is 0 Å². The fourth-order valence-electron chi connectivity index (χ4n) is 1.37. The number of nitrogens with zero attached hydrogens (tertiary/aromatic N) is 1. The molecule has 0 spiro atoms. The van der Waals surface area contributed by atoms with Crippen LogP contribution in [0.5, 0.6) is 0 Å². The molecule has 0 aliphatic carbocycles. The van der Waals surface area contributed by atoms with Crippen molar-refractivity contribution < 1.29 is 0 Å². The van der Waals surface area contributed by atoms with Crippen molar-refractivity contribution in [3.63, 3.8) is 0 Å². The zero-order valence-electron chi connectivity index (χ0n) is 7.39.